The number of hydrogen-bond acceptors (Lipinski definition) is 3. The van der Waals surface area contributed by atoms with E-state index in [4.69, 9.17) is 9.84 Å². The monoisotopic (exact) mass is 390 g/mol. The van der Waals surface area contributed by atoms with Gasteiger partial charge in [-0.3, -0.25) is 4.79 Å². The van der Waals surface area contributed by atoms with Gasteiger partial charge in [-0.25, -0.2) is 0 Å². The number of unbranched alkanes of at least 4 members (excludes halogenated alkanes) is 2. The summed E-state index contributed by atoms with van der Waals surface area (Å²) in [6.45, 7) is 3.04. The first-order chi connectivity index (χ1) is 13.5. The van der Waals surface area contributed by atoms with E-state index in [0.717, 1.165) is 38.7 Å². The predicted octanol–water partition coefficient (Wildman–Crippen LogP) is 5.96. The van der Waals surface area contributed by atoms with Gasteiger partial charge in [0.05, 0.1) is 5.41 Å². The number of carboxylic acids is 1. The highest BCUT2D eigenvalue weighted by atomic mass is 16.5. The Morgan fingerprint density at radius 2 is 1.61 bits per heavy atom. The molecule has 0 unspecified atom stereocenters. The number of fused-ring (bicyclic) bond motifs is 3. The molecule has 0 aliphatic heterocycles. The molecule has 0 atom stereocenters. The molecule has 0 saturated heterocycles. The van der Waals surface area contributed by atoms with E-state index < -0.39 is 5.97 Å². The smallest absolute Gasteiger partial charge is 0.309 e. The summed E-state index contributed by atoms with van der Waals surface area (Å²) in [5.41, 5.74) is 1.45. The fraction of sp³-hybridized carbons (Fsp3) is 0.708. The average Bonchev–Trinajstić information content (AvgIpc) is 2.72. The maximum Gasteiger partial charge on any atom is 0.309 e. The number of aliphatic carboxylic acids is 1. The van der Waals surface area contributed by atoms with Crippen LogP contribution >= 0.6 is 0 Å². The minimum atomic E-state index is -0.533. The van der Waals surface area contributed by atoms with Crippen molar-refractivity contribution in [1.82, 2.24) is 0 Å². The van der Waals surface area contributed by atoms with E-state index in [1.54, 1.807) is 19.2 Å². The summed E-state index contributed by atoms with van der Waals surface area (Å²) in [6, 6.07) is 7.29. The van der Waals surface area contributed by atoms with Crippen LogP contribution in [0.5, 0.6) is 5.75 Å². The molecular formula is C24H38O4. The molecule has 2 N–H and O–H groups in total. The summed E-state index contributed by atoms with van der Waals surface area (Å²) in [5.74, 6) is -0.208. The number of hydrogen-bond donors (Lipinski definition) is 2. The standard InChI is InChI=1S/C14H24O2.C10H14O2/c1-2-3-4-5-13-6-9-14(10-7-13,11-8-13)12(15)16;1-12-8-2-3-9-4-6-10(11)7-5-9/h2-11H2,1H3,(H,15,16);4-7,11H,2-3,8H2,1H3. The summed E-state index contributed by atoms with van der Waals surface area (Å²) in [6.07, 6.45) is 13.7. The van der Waals surface area contributed by atoms with Crippen LogP contribution in [0, 0.1) is 10.8 Å². The van der Waals surface area contributed by atoms with Crippen LogP contribution in [0.15, 0.2) is 24.3 Å². The Morgan fingerprint density at radius 3 is 2.11 bits per heavy atom. The normalized spacial score (nSPS) is 25.8. The lowest BCUT2D eigenvalue weighted by Crippen LogP contribution is -2.45. The molecule has 0 radical (unpaired) electrons. The van der Waals surface area contributed by atoms with Gasteiger partial charge in [-0.1, -0.05) is 38.3 Å². The van der Waals surface area contributed by atoms with Gasteiger partial charge >= 0.3 is 5.97 Å². The summed E-state index contributed by atoms with van der Waals surface area (Å²) in [7, 11) is 1.71. The lowest BCUT2D eigenvalue weighted by Gasteiger charge is -2.51. The van der Waals surface area contributed by atoms with Crippen LogP contribution in [0.4, 0.5) is 0 Å². The lowest BCUT2D eigenvalue weighted by atomic mass is 9.52. The third-order valence-corrected chi connectivity index (χ3v) is 6.92. The number of carbonyl (C=O) groups is 1. The SMILES string of the molecule is CCCCCC12CCC(C(=O)O)(CC1)CC2.COCCCc1ccc(O)cc1. The van der Waals surface area contributed by atoms with Gasteiger partial charge in [0, 0.05) is 13.7 Å². The molecule has 1 aromatic carbocycles. The second-order valence-electron chi connectivity index (χ2n) is 8.81. The Bertz CT molecular complexity index is 569. The lowest BCUT2D eigenvalue weighted by molar-refractivity contribution is -0.159. The molecule has 0 aromatic heterocycles. The maximum atomic E-state index is 11.3. The second kappa shape index (κ2) is 10.8. The first-order valence-corrected chi connectivity index (χ1v) is 11.0. The van der Waals surface area contributed by atoms with E-state index in [1.807, 2.05) is 12.1 Å². The van der Waals surface area contributed by atoms with Crippen LogP contribution < -0.4 is 0 Å². The highest BCUT2D eigenvalue weighted by Gasteiger charge is 2.51. The van der Waals surface area contributed by atoms with Crippen molar-refractivity contribution >= 4 is 5.97 Å². The molecule has 4 nitrogen and oxygen atoms in total. The first kappa shape index (κ1) is 22.7. The third kappa shape index (κ3) is 6.23. The quantitative estimate of drug-likeness (QED) is 0.510. The van der Waals surface area contributed by atoms with E-state index in [2.05, 4.69) is 6.92 Å². The molecule has 3 saturated carbocycles. The van der Waals surface area contributed by atoms with Crippen LogP contribution in [0.1, 0.15) is 83.1 Å². The maximum absolute atomic E-state index is 11.3. The van der Waals surface area contributed by atoms with E-state index in [-0.39, 0.29) is 5.41 Å². The van der Waals surface area contributed by atoms with Crippen molar-refractivity contribution in [1.29, 1.82) is 0 Å². The zero-order chi connectivity index (χ0) is 20.5. The van der Waals surface area contributed by atoms with Crippen molar-refractivity contribution in [3.05, 3.63) is 29.8 Å². The minimum Gasteiger partial charge on any atom is -0.508 e. The van der Waals surface area contributed by atoms with Gasteiger partial charge in [0.1, 0.15) is 5.75 Å². The number of rotatable bonds is 9. The van der Waals surface area contributed by atoms with Crippen LogP contribution in [0.3, 0.4) is 0 Å². The van der Waals surface area contributed by atoms with E-state index in [0.29, 0.717) is 11.2 Å². The number of phenols is 1. The number of aryl methyl sites for hydroxylation is 1. The molecule has 0 spiro atoms. The Balaban J connectivity index is 0.000000209. The fourth-order valence-electron chi connectivity index (χ4n) is 4.79. The van der Waals surface area contributed by atoms with E-state index >= 15 is 0 Å². The number of methoxy groups -OCH3 is 1. The zero-order valence-corrected chi connectivity index (χ0v) is 17.7. The number of carboxylic acid groups (broad SMARTS) is 1. The summed E-state index contributed by atoms with van der Waals surface area (Å²) >= 11 is 0. The van der Waals surface area contributed by atoms with Crippen molar-refractivity contribution in [2.75, 3.05) is 13.7 Å². The van der Waals surface area contributed by atoms with Gasteiger partial charge in [-0.05, 0) is 80.9 Å². The zero-order valence-electron chi connectivity index (χ0n) is 17.7. The molecule has 0 heterocycles. The molecule has 4 rings (SSSR count). The molecule has 3 aliphatic rings. The summed E-state index contributed by atoms with van der Waals surface area (Å²) < 4.78 is 4.94. The number of phenolic OH excluding ortho intramolecular Hbond substituents is 1. The molecule has 0 amide bonds. The Labute approximate surface area is 170 Å². The summed E-state index contributed by atoms with van der Waals surface area (Å²) in [4.78, 5) is 11.3. The summed E-state index contributed by atoms with van der Waals surface area (Å²) in [5, 5.41) is 18.3. The molecule has 28 heavy (non-hydrogen) atoms. The minimum absolute atomic E-state index is 0.325. The molecule has 3 fully saturated rings. The van der Waals surface area contributed by atoms with Gasteiger partial charge in [-0.2, -0.15) is 0 Å². The van der Waals surface area contributed by atoms with Gasteiger partial charge < -0.3 is 14.9 Å². The molecular weight excluding hydrogens is 352 g/mol. The van der Waals surface area contributed by atoms with Crippen LogP contribution in [-0.4, -0.2) is 29.9 Å². The largest absolute Gasteiger partial charge is 0.508 e. The van der Waals surface area contributed by atoms with Crippen LogP contribution in [-0.2, 0) is 16.0 Å². The van der Waals surface area contributed by atoms with Crippen LogP contribution in [0.2, 0.25) is 0 Å². The van der Waals surface area contributed by atoms with Crippen molar-refractivity contribution in [2.45, 2.75) is 84.0 Å². The third-order valence-electron chi connectivity index (χ3n) is 6.92. The number of aromatic hydroxyl groups is 1. The molecule has 2 bridgehead atoms. The topological polar surface area (TPSA) is 66.8 Å². The first-order valence-electron chi connectivity index (χ1n) is 11.0. The van der Waals surface area contributed by atoms with Gasteiger partial charge in [0.2, 0.25) is 0 Å². The predicted molar refractivity (Wildman–Crippen MR) is 113 cm³/mol. The second-order valence-corrected chi connectivity index (χ2v) is 8.81. The van der Waals surface area contributed by atoms with E-state index in [9.17, 15) is 9.90 Å². The Hall–Kier alpha value is -1.55. The highest BCUT2D eigenvalue weighted by Crippen LogP contribution is 2.58. The Morgan fingerprint density at radius 1 is 1.00 bits per heavy atom. The van der Waals surface area contributed by atoms with Crippen molar-refractivity contribution in [3.8, 4) is 5.75 Å². The van der Waals surface area contributed by atoms with Gasteiger partial charge in [0.15, 0.2) is 0 Å². The molecule has 3 aliphatic carbocycles. The van der Waals surface area contributed by atoms with Gasteiger partial charge in [0.25, 0.3) is 0 Å². The number of benzene rings is 1. The molecule has 1 aromatic rings. The van der Waals surface area contributed by atoms with E-state index in [1.165, 1.54) is 50.5 Å². The average molecular weight is 391 g/mol. The van der Waals surface area contributed by atoms with Crippen molar-refractivity contribution in [3.63, 3.8) is 0 Å². The van der Waals surface area contributed by atoms with Crippen molar-refractivity contribution < 1.29 is 19.7 Å². The highest BCUT2D eigenvalue weighted by molar-refractivity contribution is 5.75. The molecule has 158 valence electrons. The fourth-order valence-corrected chi connectivity index (χ4v) is 4.79. The van der Waals surface area contributed by atoms with Gasteiger partial charge in [-0.15, -0.1) is 0 Å². The Kier molecular flexibility index (Phi) is 8.81. The number of ether oxygens (including phenoxy) is 1. The van der Waals surface area contributed by atoms with Crippen LogP contribution in [0.25, 0.3) is 0 Å². The molecule has 4 heteroatoms. The van der Waals surface area contributed by atoms with Crippen molar-refractivity contribution in [2.24, 2.45) is 10.8 Å².